The maximum Gasteiger partial charge on any atom is 0.310 e. The lowest BCUT2D eigenvalue weighted by molar-refractivity contribution is -0.150. The number of amides is 3. The number of esters is 1. The Hall–Kier alpha value is -3.88. The van der Waals surface area contributed by atoms with Gasteiger partial charge in [-0.05, 0) is 36.4 Å². The maximum atomic E-state index is 12.0. The van der Waals surface area contributed by atoms with Crippen molar-refractivity contribution in [3.63, 3.8) is 0 Å². The highest BCUT2D eigenvalue weighted by Gasteiger charge is 2.30. The number of anilines is 2. The summed E-state index contributed by atoms with van der Waals surface area (Å²) in [6.45, 7) is -0.513. The normalized spacial score (nSPS) is 14.7. The second-order valence-electron chi connectivity index (χ2n) is 6.16. The highest BCUT2D eigenvalue weighted by atomic mass is 16.5. The van der Waals surface area contributed by atoms with Crippen molar-refractivity contribution in [1.29, 1.82) is 0 Å². The summed E-state index contributed by atoms with van der Waals surface area (Å²) in [6.07, 6.45) is -1.36. The third-order valence-corrected chi connectivity index (χ3v) is 4.08. The summed E-state index contributed by atoms with van der Waals surface area (Å²) >= 11 is 0. The van der Waals surface area contributed by atoms with Crippen LogP contribution in [0, 0.1) is 0 Å². The molecule has 0 spiro atoms. The fraction of sp³-hybridized carbons (Fsp3) is 0.200. The number of hydrogen-bond donors (Lipinski definition) is 3. The van der Waals surface area contributed by atoms with Crippen molar-refractivity contribution >= 4 is 35.1 Å². The van der Waals surface area contributed by atoms with E-state index in [0.717, 1.165) is 0 Å². The molecule has 0 unspecified atom stereocenters. The summed E-state index contributed by atoms with van der Waals surface area (Å²) < 4.78 is 10.4. The Morgan fingerprint density at radius 3 is 2.55 bits per heavy atom. The minimum absolute atomic E-state index is 0.242. The summed E-state index contributed by atoms with van der Waals surface area (Å²) in [4.78, 5) is 47.4. The van der Waals surface area contributed by atoms with E-state index in [1.165, 1.54) is 7.05 Å². The smallest absolute Gasteiger partial charge is 0.310 e. The van der Waals surface area contributed by atoms with Crippen LogP contribution in [0.25, 0.3) is 0 Å². The molecule has 3 rings (SSSR count). The molecule has 29 heavy (non-hydrogen) atoms. The van der Waals surface area contributed by atoms with Crippen molar-refractivity contribution in [1.82, 2.24) is 5.32 Å². The van der Waals surface area contributed by atoms with Gasteiger partial charge in [-0.3, -0.25) is 19.2 Å². The van der Waals surface area contributed by atoms with Crippen molar-refractivity contribution in [3.05, 3.63) is 54.1 Å². The lowest BCUT2D eigenvalue weighted by Crippen LogP contribution is -2.39. The molecule has 0 radical (unpaired) electrons. The molecule has 9 nitrogen and oxygen atoms in total. The van der Waals surface area contributed by atoms with Gasteiger partial charge in [-0.2, -0.15) is 0 Å². The first kappa shape index (κ1) is 19.9. The van der Waals surface area contributed by atoms with E-state index < -0.39 is 30.5 Å². The average Bonchev–Trinajstić information content (AvgIpc) is 2.73. The Morgan fingerprint density at radius 1 is 1.10 bits per heavy atom. The fourth-order valence-corrected chi connectivity index (χ4v) is 2.63. The van der Waals surface area contributed by atoms with Crippen LogP contribution in [0.4, 0.5) is 11.4 Å². The minimum Gasteiger partial charge on any atom is -0.478 e. The van der Waals surface area contributed by atoms with Gasteiger partial charge < -0.3 is 25.4 Å². The van der Waals surface area contributed by atoms with Crippen LogP contribution in [0.15, 0.2) is 48.5 Å². The molecule has 0 bridgehead atoms. The van der Waals surface area contributed by atoms with Gasteiger partial charge in [0.1, 0.15) is 5.75 Å². The van der Waals surface area contributed by atoms with Gasteiger partial charge in [-0.25, -0.2) is 0 Å². The number of benzene rings is 2. The highest BCUT2D eigenvalue weighted by Crippen LogP contribution is 2.29. The van der Waals surface area contributed by atoms with E-state index in [-0.39, 0.29) is 12.3 Å². The molecule has 1 aliphatic rings. The predicted octanol–water partition coefficient (Wildman–Crippen LogP) is 1.32. The molecule has 9 heteroatoms. The van der Waals surface area contributed by atoms with Crippen LogP contribution in [0.2, 0.25) is 0 Å². The zero-order valence-electron chi connectivity index (χ0n) is 15.6. The summed E-state index contributed by atoms with van der Waals surface area (Å²) in [7, 11) is 1.52. The molecular formula is C20H19N3O6. The van der Waals surface area contributed by atoms with E-state index in [9.17, 15) is 19.2 Å². The second-order valence-corrected chi connectivity index (χ2v) is 6.16. The van der Waals surface area contributed by atoms with E-state index in [0.29, 0.717) is 22.7 Å². The molecule has 1 atom stereocenters. The molecule has 3 N–H and O–H groups in total. The molecular weight excluding hydrogens is 378 g/mol. The van der Waals surface area contributed by atoms with Crippen LogP contribution < -0.4 is 20.7 Å². The number of ether oxygens (including phenoxy) is 2. The summed E-state index contributed by atoms with van der Waals surface area (Å²) in [6, 6.07) is 13.1. The molecule has 3 amide bonds. The lowest BCUT2D eigenvalue weighted by Gasteiger charge is -2.25. The van der Waals surface area contributed by atoms with E-state index in [1.54, 1.807) is 48.5 Å². The van der Waals surface area contributed by atoms with E-state index in [1.807, 2.05) is 0 Å². The van der Waals surface area contributed by atoms with Gasteiger partial charge >= 0.3 is 5.97 Å². The Bertz CT molecular complexity index is 941. The largest absolute Gasteiger partial charge is 0.478 e. The Labute approximate surface area is 166 Å². The Morgan fingerprint density at radius 2 is 1.83 bits per heavy atom. The average molecular weight is 397 g/mol. The second kappa shape index (κ2) is 8.87. The molecule has 1 aliphatic heterocycles. The lowest BCUT2D eigenvalue weighted by atomic mass is 10.1. The third kappa shape index (κ3) is 5.10. The van der Waals surface area contributed by atoms with Crippen molar-refractivity contribution in [2.24, 2.45) is 0 Å². The predicted molar refractivity (Wildman–Crippen MR) is 104 cm³/mol. The van der Waals surface area contributed by atoms with E-state index >= 15 is 0 Å². The van der Waals surface area contributed by atoms with E-state index in [4.69, 9.17) is 9.47 Å². The summed E-state index contributed by atoms with van der Waals surface area (Å²) in [5.41, 5.74) is 1.43. The first-order valence-electron chi connectivity index (χ1n) is 8.80. The standard InChI is InChI=1S/C20H19N3O6/c1-21-19(26)12-6-8-13(9-7-12)22-17(24)11-28-18(25)10-16-20(27)23-14-4-2-3-5-15(14)29-16/h2-9,16H,10-11H2,1H3,(H,21,26)(H,22,24)(H,23,27)/t16-/m0/s1. The maximum absolute atomic E-state index is 12.0. The molecule has 2 aromatic carbocycles. The molecule has 0 saturated heterocycles. The zero-order valence-corrected chi connectivity index (χ0v) is 15.6. The van der Waals surface area contributed by atoms with Crippen LogP contribution in [0.3, 0.4) is 0 Å². The first-order chi connectivity index (χ1) is 14.0. The number of para-hydroxylation sites is 2. The molecule has 1 heterocycles. The number of carbonyl (C=O) groups is 4. The van der Waals surface area contributed by atoms with Crippen LogP contribution in [0.1, 0.15) is 16.8 Å². The van der Waals surface area contributed by atoms with Gasteiger partial charge in [0.2, 0.25) is 0 Å². The molecule has 0 saturated carbocycles. The third-order valence-electron chi connectivity index (χ3n) is 4.08. The van der Waals surface area contributed by atoms with Crippen molar-refractivity contribution in [2.45, 2.75) is 12.5 Å². The van der Waals surface area contributed by atoms with Gasteiger partial charge in [0.05, 0.1) is 12.1 Å². The SMILES string of the molecule is CNC(=O)c1ccc(NC(=O)COC(=O)C[C@@H]2Oc3ccccc3NC2=O)cc1. The highest BCUT2D eigenvalue weighted by molar-refractivity contribution is 6.00. The molecule has 150 valence electrons. The van der Waals surface area contributed by atoms with Crippen LogP contribution >= 0.6 is 0 Å². The summed E-state index contributed by atoms with van der Waals surface area (Å²) in [5, 5.41) is 7.69. The Kier molecular flexibility index (Phi) is 6.08. The quantitative estimate of drug-likeness (QED) is 0.632. The Balaban J connectivity index is 1.46. The van der Waals surface area contributed by atoms with Crippen molar-refractivity contribution in [2.75, 3.05) is 24.3 Å². The monoisotopic (exact) mass is 397 g/mol. The van der Waals surface area contributed by atoms with Gasteiger partial charge in [0.25, 0.3) is 17.7 Å². The molecule has 0 fully saturated rings. The number of nitrogens with one attached hydrogen (secondary N) is 3. The number of hydrogen-bond acceptors (Lipinski definition) is 6. The van der Waals surface area contributed by atoms with E-state index in [2.05, 4.69) is 16.0 Å². The first-order valence-corrected chi connectivity index (χ1v) is 8.80. The molecule has 2 aromatic rings. The van der Waals surface area contributed by atoms with Crippen LogP contribution in [0.5, 0.6) is 5.75 Å². The van der Waals surface area contributed by atoms with Crippen molar-refractivity contribution < 1.29 is 28.7 Å². The number of fused-ring (bicyclic) bond motifs is 1. The number of carbonyl (C=O) groups excluding carboxylic acids is 4. The van der Waals surface area contributed by atoms with Crippen molar-refractivity contribution in [3.8, 4) is 5.75 Å². The topological polar surface area (TPSA) is 123 Å². The fourth-order valence-electron chi connectivity index (χ4n) is 2.63. The number of rotatable bonds is 6. The zero-order chi connectivity index (χ0) is 20.8. The molecule has 0 aliphatic carbocycles. The van der Waals surface area contributed by atoms with Gasteiger partial charge in [-0.15, -0.1) is 0 Å². The molecule has 0 aromatic heterocycles. The van der Waals surface area contributed by atoms with Gasteiger partial charge in [-0.1, -0.05) is 12.1 Å². The minimum atomic E-state index is -1.03. The van der Waals surface area contributed by atoms with Gasteiger partial charge in [0, 0.05) is 18.3 Å². The van der Waals surface area contributed by atoms with Crippen LogP contribution in [-0.2, 0) is 19.1 Å². The summed E-state index contributed by atoms with van der Waals surface area (Å²) in [5.74, 6) is -1.53. The van der Waals surface area contributed by atoms with Crippen LogP contribution in [-0.4, -0.2) is 43.4 Å². The van der Waals surface area contributed by atoms with Gasteiger partial charge in [0.15, 0.2) is 12.7 Å².